The molecule has 8 heteroatoms. The second kappa shape index (κ2) is 4.56. The lowest BCUT2D eigenvalue weighted by molar-refractivity contribution is -0.384. The molecule has 2 N–H and O–H groups in total. The molecule has 1 aromatic carbocycles. The summed E-state index contributed by atoms with van der Waals surface area (Å²) in [4.78, 5) is 29.6. The number of benzene rings is 1. The zero-order valence-electron chi connectivity index (χ0n) is 10.3. The minimum Gasteiger partial charge on any atom is -0.480 e. The van der Waals surface area contributed by atoms with Crippen LogP contribution in [-0.4, -0.2) is 39.1 Å². The van der Waals surface area contributed by atoms with Crippen molar-refractivity contribution in [3.63, 3.8) is 0 Å². The number of carbonyl (C=O) groups is 1. The van der Waals surface area contributed by atoms with Crippen LogP contribution in [0.2, 0.25) is 0 Å². The van der Waals surface area contributed by atoms with Crippen LogP contribution >= 0.6 is 0 Å². The number of fused-ring (bicyclic) bond motifs is 1. The number of hydrogen-bond donors (Lipinski definition) is 2. The number of non-ortho nitro benzene ring substituents is 1. The van der Waals surface area contributed by atoms with Gasteiger partial charge in [-0.2, -0.15) is 0 Å². The molecule has 0 aliphatic heterocycles. The van der Waals surface area contributed by atoms with Crippen LogP contribution in [0.4, 0.5) is 11.6 Å². The Morgan fingerprint density at radius 2 is 2.26 bits per heavy atom. The van der Waals surface area contributed by atoms with Crippen molar-refractivity contribution in [2.45, 2.75) is 13.0 Å². The van der Waals surface area contributed by atoms with E-state index >= 15 is 0 Å². The average Bonchev–Trinajstić information content (AvgIpc) is 2.79. The minimum atomic E-state index is -0.978. The van der Waals surface area contributed by atoms with Crippen molar-refractivity contribution < 1.29 is 14.8 Å². The van der Waals surface area contributed by atoms with Crippen molar-refractivity contribution >= 4 is 28.6 Å². The molecule has 0 saturated heterocycles. The molecule has 0 saturated carbocycles. The molecule has 0 amide bonds. The third kappa shape index (κ3) is 2.32. The number of aromatic amines is 1. The summed E-state index contributed by atoms with van der Waals surface area (Å²) in [5, 5.41) is 19.6. The first kappa shape index (κ1) is 12.8. The van der Waals surface area contributed by atoms with Crippen molar-refractivity contribution in [2.75, 3.05) is 11.9 Å². The van der Waals surface area contributed by atoms with Crippen LogP contribution in [0.3, 0.4) is 0 Å². The fourth-order valence-electron chi connectivity index (χ4n) is 1.61. The molecule has 1 atom stereocenters. The number of rotatable bonds is 4. The van der Waals surface area contributed by atoms with Gasteiger partial charge in [0.25, 0.3) is 5.69 Å². The van der Waals surface area contributed by atoms with Gasteiger partial charge in [0.2, 0.25) is 5.95 Å². The summed E-state index contributed by atoms with van der Waals surface area (Å²) in [6.45, 7) is 1.53. The van der Waals surface area contributed by atoms with Gasteiger partial charge in [0, 0.05) is 19.2 Å². The lowest BCUT2D eigenvalue weighted by atomic mass is 10.3. The van der Waals surface area contributed by atoms with Crippen LogP contribution in [0.25, 0.3) is 11.0 Å². The first-order chi connectivity index (χ1) is 8.90. The molecular weight excluding hydrogens is 252 g/mol. The highest BCUT2D eigenvalue weighted by molar-refractivity contribution is 5.82. The van der Waals surface area contributed by atoms with E-state index in [0.717, 1.165) is 0 Å². The second-order valence-corrected chi connectivity index (χ2v) is 4.14. The molecule has 2 aromatic rings. The topological polar surface area (TPSA) is 112 Å². The molecule has 8 nitrogen and oxygen atoms in total. The molecule has 2 rings (SSSR count). The van der Waals surface area contributed by atoms with Gasteiger partial charge >= 0.3 is 5.97 Å². The first-order valence-electron chi connectivity index (χ1n) is 5.50. The smallest absolute Gasteiger partial charge is 0.326 e. The summed E-state index contributed by atoms with van der Waals surface area (Å²) in [7, 11) is 1.59. The largest absolute Gasteiger partial charge is 0.480 e. The van der Waals surface area contributed by atoms with Gasteiger partial charge < -0.3 is 15.0 Å². The van der Waals surface area contributed by atoms with Gasteiger partial charge in [-0.1, -0.05) is 0 Å². The van der Waals surface area contributed by atoms with Crippen LogP contribution in [0.1, 0.15) is 6.92 Å². The summed E-state index contributed by atoms with van der Waals surface area (Å²) in [5.41, 5.74) is 0.996. The van der Waals surface area contributed by atoms with Gasteiger partial charge in [-0.05, 0) is 13.0 Å². The van der Waals surface area contributed by atoms with Gasteiger partial charge in [-0.3, -0.25) is 10.1 Å². The van der Waals surface area contributed by atoms with E-state index in [-0.39, 0.29) is 5.69 Å². The zero-order chi connectivity index (χ0) is 14.2. The molecule has 1 unspecified atom stereocenters. The normalized spacial score (nSPS) is 12.3. The standard InChI is InChI=1S/C11H12N4O4/c1-6(10(16)17)14(2)11-12-8-4-3-7(15(18)19)5-9(8)13-11/h3-6H,1-2H3,(H,12,13)(H,16,17). The maximum atomic E-state index is 10.9. The summed E-state index contributed by atoms with van der Waals surface area (Å²) < 4.78 is 0. The third-order valence-corrected chi connectivity index (χ3v) is 2.94. The Hall–Kier alpha value is -2.64. The Bertz CT molecular complexity index is 651. The third-order valence-electron chi connectivity index (χ3n) is 2.94. The van der Waals surface area contributed by atoms with E-state index in [0.29, 0.717) is 17.0 Å². The van der Waals surface area contributed by atoms with E-state index in [4.69, 9.17) is 5.11 Å². The number of carboxylic acids is 1. The molecule has 0 spiro atoms. The van der Waals surface area contributed by atoms with Crippen molar-refractivity contribution in [1.29, 1.82) is 0 Å². The van der Waals surface area contributed by atoms with Crippen LogP contribution in [0, 0.1) is 10.1 Å². The number of carboxylic acid groups (broad SMARTS) is 1. The van der Waals surface area contributed by atoms with Crippen LogP contribution in [0.5, 0.6) is 0 Å². The highest BCUT2D eigenvalue weighted by atomic mass is 16.6. The molecule has 0 aliphatic rings. The van der Waals surface area contributed by atoms with E-state index in [9.17, 15) is 14.9 Å². The second-order valence-electron chi connectivity index (χ2n) is 4.14. The Morgan fingerprint density at radius 3 is 2.84 bits per heavy atom. The van der Waals surface area contributed by atoms with Gasteiger partial charge in [-0.15, -0.1) is 0 Å². The number of aliphatic carboxylic acids is 1. The number of imidazole rings is 1. The Balaban J connectivity index is 2.41. The van der Waals surface area contributed by atoms with E-state index in [1.54, 1.807) is 7.05 Å². The van der Waals surface area contributed by atoms with Crippen molar-refractivity contribution in [2.24, 2.45) is 0 Å². The molecule has 19 heavy (non-hydrogen) atoms. The maximum absolute atomic E-state index is 10.9. The number of hydrogen-bond acceptors (Lipinski definition) is 5. The molecule has 0 radical (unpaired) electrons. The predicted molar refractivity (Wildman–Crippen MR) is 68.2 cm³/mol. The number of aromatic nitrogens is 2. The summed E-state index contributed by atoms with van der Waals surface area (Å²) in [6, 6.07) is 3.49. The summed E-state index contributed by atoms with van der Waals surface area (Å²) in [6.07, 6.45) is 0. The fourth-order valence-corrected chi connectivity index (χ4v) is 1.61. The zero-order valence-corrected chi connectivity index (χ0v) is 10.3. The lowest BCUT2D eigenvalue weighted by Gasteiger charge is -2.20. The van der Waals surface area contributed by atoms with Gasteiger partial charge in [0.1, 0.15) is 6.04 Å². The van der Waals surface area contributed by atoms with Crippen LogP contribution < -0.4 is 4.90 Å². The summed E-state index contributed by atoms with van der Waals surface area (Å²) in [5.74, 6) is -0.626. The molecule has 0 aliphatic carbocycles. The average molecular weight is 264 g/mol. The molecular formula is C11H12N4O4. The lowest BCUT2D eigenvalue weighted by Crippen LogP contribution is -2.36. The molecule has 0 bridgehead atoms. The fraction of sp³-hybridized carbons (Fsp3) is 0.273. The van der Waals surface area contributed by atoms with E-state index < -0.39 is 16.9 Å². The Labute approximate surface area is 107 Å². The number of likely N-dealkylation sites (N-methyl/N-ethyl adjacent to an activating group) is 1. The van der Waals surface area contributed by atoms with Gasteiger partial charge in [-0.25, -0.2) is 9.78 Å². The number of nitrogens with zero attached hydrogens (tertiary/aromatic N) is 3. The van der Waals surface area contributed by atoms with E-state index in [2.05, 4.69) is 9.97 Å². The molecule has 100 valence electrons. The quantitative estimate of drug-likeness (QED) is 0.637. The Kier molecular flexibility index (Phi) is 3.07. The number of nitro groups is 1. The number of nitro benzene ring substituents is 1. The maximum Gasteiger partial charge on any atom is 0.326 e. The SMILES string of the molecule is CC(C(=O)O)N(C)c1nc2ccc([N+](=O)[O-])cc2[nH]1. The van der Waals surface area contributed by atoms with Gasteiger partial charge in [0.15, 0.2) is 0 Å². The van der Waals surface area contributed by atoms with Crippen LogP contribution in [0.15, 0.2) is 18.2 Å². The van der Waals surface area contributed by atoms with Crippen molar-refractivity contribution in [3.05, 3.63) is 28.3 Å². The number of anilines is 1. The van der Waals surface area contributed by atoms with Crippen molar-refractivity contribution in [1.82, 2.24) is 9.97 Å². The Morgan fingerprint density at radius 1 is 1.58 bits per heavy atom. The first-order valence-corrected chi connectivity index (χ1v) is 5.50. The highest BCUT2D eigenvalue weighted by Gasteiger charge is 2.20. The molecule has 1 aromatic heterocycles. The molecule has 1 heterocycles. The van der Waals surface area contributed by atoms with Gasteiger partial charge in [0.05, 0.1) is 16.0 Å². The van der Waals surface area contributed by atoms with Crippen LogP contribution in [-0.2, 0) is 4.79 Å². The number of H-pyrrole nitrogens is 1. The van der Waals surface area contributed by atoms with E-state index in [1.807, 2.05) is 0 Å². The van der Waals surface area contributed by atoms with E-state index in [1.165, 1.54) is 30.0 Å². The highest BCUT2D eigenvalue weighted by Crippen LogP contribution is 2.22. The number of nitrogens with one attached hydrogen (secondary N) is 1. The van der Waals surface area contributed by atoms with Crippen molar-refractivity contribution in [3.8, 4) is 0 Å². The predicted octanol–water partition coefficient (Wildman–Crippen LogP) is 1.38. The minimum absolute atomic E-state index is 0.0448. The summed E-state index contributed by atoms with van der Waals surface area (Å²) >= 11 is 0. The molecule has 0 fully saturated rings. The monoisotopic (exact) mass is 264 g/mol.